The van der Waals surface area contributed by atoms with Crippen LogP contribution in [0.1, 0.15) is 42.6 Å². The molecular weight excluding hydrogens is 350 g/mol. The Morgan fingerprint density at radius 1 is 1.19 bits per heavy atom. The Hall–Kier alpha value is -2.54. The summed E-state index contributed by atoms with van der Waals surface area (Å²) in [6.07, 6.45) is 7.11. The minimum atomic E-state index is -0.645. The maximum atomic E-state index is 13.5. The van der Waals surface area contributed by atoms with E-state index in [4.69, 9.17) is 4.42 Å². The van der Waals surface area contributed by atoms with Crippen molar-refractivity contribution in [3.8, 4) is 11.5 Å². The van der Waals surface area contributed by atoms with E-state index in [1.807, 2.05) is 26.4 Å². The van der Waals surface area contributed by atoms with E-state index in [0.717, 1.165) is 37.0 Å². The average molecular weight is 372 g/mol. The summed E-state index contributed by atoms with van der Waals surface area (Å²) in [6, 6.07) is 3.53. The molecule has 1 atom stereocenters. The molecule has 0 saturated carbocycles. The van der Waals surface area contributed by atoms with Gasteiger partial charge in [0.05, 0.1) is 11.7 Å². The van der Waals surface area contributed by atoms with Crippen LogP contribution < -0.4 is 0 Å². The van der Waals surface area contributed by atoms with Crippen molar-refractivity contribution in [2.45, 2.75) is 38.8 Å². The zero-order valence-electron chi connectivity index (χ0n) is 15.5. The standard InChI is InChI=1S/C20H22F2N4O/c1-13-17(24-20(27-13)14-9-15(21)11-16(22)10-14)12-26-7-4-3-5-18(26)19-23-6-8-25(19)2/h6,8-11,18H,3-5,7,12H2,1-2H3/t18-/m0/s1. The number of likely N-dealkylation sites (tertiary alicyclic amines) is 1. The van der Waals surface area contributed by atoms with Gasteiger partial charge in [0.25, 0.3) is 0 Å². The highest BCUT2D eigenvalue weighted by Crippen LogP contribution is 2.32. The van der Waals surface area contributed by atoms with E-state index in [1.165, 1.54) is 18.6 Å². The summed E-state index contributed by atoms with van der Waals surface area (Å²) >= 11 is 0. The van der Waals surface area contributed by atoms with Gasteiger partial charge >= 0.3 is 0 Å². The summed E-state index contributed by atoms with van der Waals surface area (Å²) in [5.41, 5.74) is 1.09. The summed E-state index contributed by atoms with van der Waals surface area (Å²) in [5, 5.41) is 0. The van der Waals surface area contributed by atoms with Crippen LogP contribution in [0, 0.1) is 18.6 Å². The third-order valence-electron chi connectivity index (χ3n) is 5.13. The van der Waals surface area contributed by atoms with E-state index < -0.39 is 11.6 Å². The molecule has 0 amide bonds. The molecule has 3 aromatic rings. The number of rotatable bonds is 4. The van der Waals surface area contributed by atoms with Crippen LogP contribution in [-0.2, 0) is 13.6 Å². The lowest BCUT2D eigenvalue weighted by Crippen LogP contribution is -2.34. The molecule has 7 heteroatoms. The van der Waals surface area contributed by atoms with Crippen molar-refractivity contribution in [1.82, 2.24) is 19.4 Å². The van der Waals surface area contributed by atoms with Crippen LogP contribution in [0.4, 0.5) is 8.78 Å². The summed E-state index contributed by atoms with van der Waals surface area (Å²) in [6.45, 7) is 3.40. The van der Waals surface area contributed by atoms with Gasteiger partial charge in [0.15, 0.2) is 0 Å². The van der Waals surface area contributed by atoms with Gasteiger partial charge in [-0.05, 0) is 38.4 Å². The molecule has 1 saturated heterocycles. The molecule has 0 unspecified atom stereocenters. The molecule has 5 nitrogen and oxygen atoms in total. The third-order valence-corrected chi connectivity index (χ3v) is 5.13. The highest BCUT2D eigenvalue weighted by Gasteiger charge is 2.28. The van der Waals surface area contributed by atoms with E-state index in [1.54, 1.807) is 0 Å². The number of piperidine rings is 1. The van der Waals surface area contributed by atoms with Crippen molar-refractivity contribution in [3.63, 3.8) is 0 Å². The molecule has 0 N–H and O–H groups in total. The van der Waals surface area contributed by atoms with Crippen LogP contribution in [0.5, 0.6) is 0 Å². The maximum Gasteiger partial charge on any atom is 0.226 e. The molecule has 0 spiro atoms. The van der Waals surface area contributed by atoms with E-state index in [9.17, 15) is 8.78 Å². The van der Waals surface area contributed by atoms with E-state index in [-0.39, 0.29) is 11.9 Å². The van der Waals surface area contributed by atoms with Crippen molar-refractivity contribution in [3.05, 3.63) is 59.5 Å². The van der Waals surface area contributed by atoms with E-state index in [0.29, 0.717) is 17.9 Å². The first kappa shape index (κ1) is 17.9. The fourth-order valence-corrected chi connectivity index (χ4v) is 3.74. The van der Waals surface area contributed by atoms with Gasteiger partial charge in [-0.3, -0.25) is 4.90 Å². The number of hydrogen-bond donors (Lipinski definition) is 0. The Morgan fingerprint density at radius 2 is 1.96 bits per heavy atom. The van der Waals surface area contributed by atoms with Crippen LogP contribution >= 0.6 is 0 Å². The molecule has 4 rings (SSSR count). The summed E-state index contributed by atoms with van der Waals surface area (Å²) in [5.74, 6) is 0.662. The van der Waals surface area contributed by atoms with Crippen molar-refractivity contribution in [2.75, 3.05) is 6.54 Å². The minimum Gasteiger partial charge on any atom is -0.441 e. The van der Waals surface area contributed by atoms with Crippen molar-refractivity contribution < 1.29 is 13.2 Å². The zero-order chi connectivity index (χ0) is 19.0. The second-order valence-electron chi connectivity index (χ2n) is 7.06. The molecular formula is C20H22F2N4O. The first-order chi connectivity index (χ1) is 13.0. The largest absolute Gasteiger partial charge is 0.441 e. The number of imidazole rings is 1. The number of aryl methyl sites for hydroxylation is 2. The second-order valence-corrected chi connectivity index (χ2v) is 7.06. The highest BCUT2D eigenvalue weighted by molar-refractivity contribution is 5.53. The lowest BCUT2D eigenvalue weighted by molar-refractivity contribution is 0.129. The Labute approximate surface area is 156 Å². The molecule has 1 aliphatic heterocycles. The SMILES string of the molecule is Cc1oc(-c2cc(F)cc(F)c2)nc1CN1CCCC[C@H]1c1nccn1C. The van der Waals surface area contributed by atoms with E-state index in [2.05, 4.69) is 19.4 Å². The number of aromatic nitrogens is 3. The van der Waals surface area contributed by atoms with Gasteiger partial charge in [0, 0.05) is 37.6 Å². The average Bonchev–Trinajstić information content (AvgIpc) is 3.21. The monoisotopic (exact) mass is 372 g/mol. The molecule has 0 radical (unpaired) electrons. The van der Waals surface area contributed by atoms with Crippen LogP contribution in [-0.4, -0.2) is 26.0 Å². The Morgan fingerprint density at radius 3 is 2.67 bits per heavy atom. The topological polar surface area (TPSA) is 47.1 Å². The Kier molecular flexibility index (Phi) is 4.78. The third kappa shape index (κ3) is 3.64. The van der Waals surface area contributed by atoms with Crippen molar-refractivity contribution in [2.24, 2.45) is 7.05 Å². The molecule has 1 aliphatic rings. The molecule has 3 heterocycles. The molecule has 0 aliphatic carbocycles. The quantitative estimate of drug-likeness (QED) is 0.682. The van der Waals surface area contributed by atoms with Crippen molar-refractivity contribution in [1.29, 1.82) is 0 Å². The highest BCUT2D eigenvalue weighted by atomic mass is 19.1. The Bertz CT molecular complexity index is 929. The van der Waals surface area contributed by atoms with Crippen LogP contribution in [0.25, 0.3) is 11.5 Å². The lowest BCUT2D eigenvalue weighted by Gasteiger charge is -2.34. The van der Waals surface area contributed by atoms with Gasteiger partial charge in [-0.1, -0.05) is 6.42 Å². The molecule has 1 fully saturated rings. The summed E-state index contributed by atoms with van der Waals surface area (Å²) in [4.78, 5) is 11.4. The first-order valence-corrected chi connectivity index (χ1v) is 9.15. The van der Waals surface area contributed by atoms with Gasteiger partial charge in [-0.2, -0.15) is 0 Å². The van der Waals surface area contributed by atoms with Gasteiger partial charge in [-0.25, -0.2) is 18.7 Å². The van der Waals surface area contributed by atoms with Gasteiger partial charge in [-0.15, -0.1) is 0 Å². The fraction of sp³-hybridized carbons (Fsp3) is 0.400. The van der Waals surface area contributed by atoms with Crippen LogP contribution in [0.2, 0.25) is 0 Å². The normalized spacial score (nSPS) is 18.1. The number of benzene rings is 1. The van der Waals surface area contributed by atoms with Crippen LogP contribution in [0.15, 0.2) is 35.0 Å². The molecule has 1 aromatic carbocycles. The van der Waals surface area contributed by atoms with Gasteiger partial charge in [0.2, 0.25) is 5.89 Å². The second kappa shape index (κ2) is 7.23. The smallest absolute Gasteiger partial charge is 0.226 e. The number of nitrogens with zero attached hydrogens (tertiary/aromatic N) is 4. The number of hydrogen-bond acceptors (Lipinski definition) is 4. The number of halogens is 2. The van der Waals surface area contributed by atoms with Crippen molar-refractivity contribution >= 4 is 0 Å². The molecule has 2 aromatic heterocycles. The first-order valence-electron chi connectivity index (χ1n) is 9.15. The van der Waals surface area contributed by atoms with Gasteiger partial charge < -0.3 is 8.98 Å². The molecule has 0 bridgehead atoms. The minimum absolute atomic E-state index is 0.227. The predicted molar refractivity (Wildman–Crippen MR) is 96.8 cm³/mol. The summed E-state index contributed by atoms with van der Waals surface area (Å²) < 4.78 is 34.8. The van der Waals surface area contributed by atoms with E-state index >= 15 is 0 Å². The predicted octanol–water partition coefficient (Wildman–Crippen LogP) is 4.39. The fourth-order valence-electron chi connectivity index (χ4n) is 3.74. The molecule has 27 heavy (non-hydrogen) atoms. The van der Waals surface area contributed by atoms with Gasteiger partial charge in [0.1, 0.15) is 23.2 Å². The Balaban J connectivity index is 1.60. The lowest BCUT2D eigenvalue weighted by atomic mass is 10.0. The maximum absolute atomic E-state index is 13.5. The van der Waals surface area contributed by atoms with Crippen LogP contribution in [0.3, 0.4) is 0 Å². The molecule has 142 valence electrons. The number of oxazole rings is 1. The zero-order valence-corrected chi connectivity index (χ0v) is 15.5. The summed E-state index contributed by atoms with van der Waals surface area (Å²) in [7, 11) is 2.01.